The molecule has 2 saturated carbocycles. The Labute approximate surface area is 144 Å². The summed E-state index contributed by atoms with van der Waals surface area (Å²) in [7, 11) is 0. The van der Waals surface area contributed by atoms with Crippen LogP contribution in [0.15, 0.2) is 23.8 Å². The van der Waals surface area contributed by atoms with E-state index >= 15 is 0 Å². The van der Waals surface area contributed by atoms with Crippen LogP contribution >= 0.6 is 0 Å². The Balaban J connectivity index is 1.75. The third-order valence-corrected chi connectivity index (χ3v) is 8.25. The lowest BCUT2D eigenvalue weighted by Crippen LogP contribution is -2.56. The van der Waals surface area contributed by atoms with E-state index in [9.17, 15) is 14.7 Å². The monoisotopic (exact) mass is 328 g/mol. The van der Waals surface area contributed by atoms with Crippen molar-refractivity contribution in [3.8, 4) is 0 Å². The summed E-state index contributed by atoms with van der Waals surface area (Å²) >= 11 is 0. The van der Waals surface area contributed by atoms with E-state index < -0.39 is 5.60 Å². The van der Waals surface area contributed by atoms with Gasteiger partial charge in [0, 0.05) is 11.8 Å². The van der Waals surface area contributed by atoms with E-state index in [1.807, 2.05) is 6.08 Å². The van der Waals surface area contributed by atoms with Gasteiger partial charge in [0.2, 0.25) is 0 Å². The molecule has 0 spiro atoms. The lowest BCUT2D eigenvalue weighted by Gasteiger charge is -2.56. The number of allylic oxidation sites excluding steroid dienone is 4. The van der Waals surface area contributed by atoms with Gasteiger partial charge in [-0.15, -0.1) is 0 Å². The van der Waals surface area contributed by atoms with Crippen molar-refractivity contribution in [1.82, 2.24) is 0 Å². The Morgan fingerprint density at radius 1 is 1.17 bits per heavy atom. The van der Waals surface area contributed by atoms with Crippen LogP contribution in [0.5, 0.6) is 0 Å². The van der Waals surface area contributed by atoms with Crippen molar-refractivity contribution in [3.05, 3.63) is 23.8 Å². The first-order chi connectivity index (χ1) is 11.2. The Hall–Kier alpha value is -1.22. The average Bonchev–Trinajstić information content (AvgIpc) is 2.81. The lowest BCUT2D eigenvalue weighted by atomic mass is 9.48. The van der Waals surface area contributed by atoms with E-state index in [-0.39, 0.29) is 22.4 Å². The number of carbonyl (C=O) groups is 2. The van der Waals surface area contributed by atoms with E-state index in [0.717, 1.165) is 25.7 Å². The molecule has 24 heavy (non-hydrogen) atoms. The van der Waals surface area contributed by atoms with Gasteiger partial charge in [-0.25, -0.2) is 0 Å². The van der Waals surface area contributed by atoms with E-state index in [4.69, 9.17) is 0 Å². The van der Waals surface area contributed by atoms with Gasteiger partial charge in [-0.1, -0.05) is 26.0 Å². The largest absolute Gasteiger partial charge is 0.382 e. The van der Waals surface area contributed by atoms with E-state index in [1.165, 1.54) is 5.57 Å². The maximum absolute atomic E-state index is 12.2. The number of ketones is 2. The predicted octanol–water partition coefficient (Wildman–Crippen LogP) is 3.61. The summed E-state index contributed by atoms with van der Waals surface area (Å²) < 4.78 is 0. The van der Waals surface area contributed by atoms with Gasteiger partial charge in [-0.2, -0.15) is 0 Å². The fourth-order valence-corrected chi connectivity index (χ4v) is 6.59. The summed E-state index contributed by atoms with van der Waals surface area (Å²) in [5, 5.41) is 11.1. The molecule has 4 aliphatic rings. The molecule has 0 radical (unpaired) electrons. The molecule has 2 fully saturated rings. The van der Waals surface area contributed by atoms with Gasteiger partial charge in [-0.3, -0.25) is 9.59 Å². The molecule has 0 heterocycles. The van der Waals surface area contributed by atoms with Gasteiger partial charge in [0.1, 0.15) is 5.60 Å². The molecule has 4 aliphatic carbocycles. The zero-order valence-electron chi connectivity index (χ0n) is 15.0. The molecule has 1 N–H and O–H groups in total. The summed E-state index contributed by atoms with van der Waals surface area (Å²) in [5.74, 6) is 1.47. The van der Waals surface area contributed by atoms with Crippen LogP contribution in [0, 0.1) is 28.6 Å². The highest BCUT2D eigenvalue weighted by molar-refractivity contribution is 5.92. The van der Waals surface area contributed by atoms with Gasteiger partial charge >= 0.3 is 0 Å². The molecule has 0 aliphatic heterocycles. The van der Waals surface area contributed by atoms with Crippen molar-refractivity contribution in [2.75, 3.05) is 0 Å². The third kappa shape index (κ3) is 1.82. The number of hydrogen-bond acceptors (Lipinski definition) is 3. The second-order valence-corrected chi connectivity index (χ2v) is 9.04. The lowest BCUT2D eigenvalue weighted by molar-refractivity contribution is -0.156. The predicted molar refractivity (Wildman–Crippen MR) is 92.2 cm³/mol. The first-order valence-corrected chi connectivity index (χ1v) is 9.39. The van der Waals surface area contributed by atoms with Gasteiger partial charge in [0.25, 0.3) is 0 Å². The molecule has 4 rings (SSSR count). The van der Waals surface area contributed by atoms with Crippen molar-refractivity contribution < 1.29 is 14.7 Å². The van der Waals surface area contributed by atoms with Crippen molar-refractivity contribution in [3.63, 3.8) is 0 Å². The number of hydrogen-bond donors (Lipinski definition) is 1. The summed E-state index contributed by atoms with van der Waals surface area (Å²) in [5.41, 5.74) is -0.197. The van der Waals surface area contributed by atoms with Crippen molar-refractivity contribution in [2.45, 2.75) is 64.9 Å². The third-order valence-electron chi connectivity index (χ3n) is 8.25. The molecular weight excluding hydrogens is 300 g/mol. The fourth-order valence-electron chi connectivity index (χ4n) is 6.59. The van der Waals surface area contributed by atoms with Crippen molar-refractivity contribution >= 4 is 11.6 Å². The maximum atomic E-state index is 12.2. The molecule has 0 aromatic heterocycles. The minimum Gasteiger partial charge on any atom is -0.382 e. The zero-order valence-corrected chi connectivity index (χ0v) is 15.0. The van der Waals surface area contributed by atoms with Crippen LogP contribution in [0.25, 0.3) is 0 Å². The first-order valence-electron chi connectivity index (χ1n) is 9.39. The fraction of sp³-hybridized carbons (Fsp3) is 0.714. The van der Waals surface area contributed by atoms with E-state index in [0.29, 0.717) is 30.6 Å². The highest BCUT2D eigenvalue weighted by Gasteiger charge is 2.64. The standard InChI is InChI=1S/C21H28O3/c1-13(22)21(24)11-8-18-16-5-4-14-12-15(23)6-9-19(14,2)17(16)7-10-20(18,21)3/h4-5,12,16-18,24H,6-11H2,1-3H3/t16-,17+,18+,19+,20+,21-/m1/s1. The first kappa shape index (κ1) is 16.3. The van der Waals surface area contributed by atoms with Gasteiger partial charge in [-0.05, 0) is 73.8 Å². The van der Waals surface area contributed by atoms with Gasteiger partial charge < -0.3 is 5.11 Å². The Morgan fingerprint density at radius 3 is 2.58 bits per heavy atom. The average molecular weight is 328 g/mol. The number of fused-ring (bicyclic) bond motifs is 5. The summed E-state index contributed by atoms with van der Waals surface area (Å²) in [6.07, 6.45) is 11.3. The van der Waals surface area contributed by atoms with Crippen LogP contribution in [0.2, 0.25) is 0 Å². The van der Waals surface area contributed by atoms with Crippen LogP contribution < -0.4 is 0 Å². The minimum absolute atomic E-state index is 0.0687. The Morgan fingerprint density at radius 2 is 1.88 bits per heavy atom. The molecule has 0 aromatic carbocycles. The smallest absolute Gasteiger partial charge is 0.161 e. The summed E-state index contributed by atoms with van der Waals surface area (Å²) in [6.45, 7) is 6.00. The van der Waals surface area contributed by atoms with Crippen LogP contribution in [0.1, 0.15) is 59.3 Å². The van der Waals surface area contributed by atoms with Crippen LogP contribution in [0.3, 0.4) is 0 Å². The molecule has 0 amide bonds. The minimum atomic E-state index is -1.16. The number of carbonyl (C=O) groups excluding carboxylic acids is 2. The zero-order chi connectivity index (χ0) is 17.3. The molecule has 3 heteroatoms. The second kappa shape index (κ2) is 4.91. The Bertz CT molecular complexity index is 675. The SMILES string of the molecule is CC(=O)[C@]1(O)CC[C@H]2[C@@H]3C=CC4=CC(=O)CC[C@]4(C)[C@H]3CC[C@@]21C. The molecule has 0 bridgehead atoms. The summed E-state index contributed by atoms with van der Waals surface area (Å²) in [4.78, 5) is 24.0. The topological polar surface area (TPSA) is 54.4 Å². The van der Waals surface area contributed by atoms with Crippen LogP contribution in [0.4, 0.5) is 0 Å². The van der Waals surface area contributed by atoms with Crippen molar-refractivity contribution in [1.29, 1.82) is 0 Å². The van der Waals surface area contributed by atoms with Crippen molar-refractivity contribution in [2.24, 2.45) is 28.6 Å². The normalized spacial score (nSPS) is 49.9. The molecule has 6 atom stereocenters. The molecule has 0 unspecified atom stereocenters. The van der Waals surface area contributed by atoms with Crippen LogP contribution in [-0.4, -0.2) is 22.3 Å². The van der Waals surface area contributed by atoms with E-state index in [1.54, 1.807) is 6.92 Å². The molecular formula is C21H28O3. The number of rotatable bonds is 1. The highest BCUT2D eigenvalue weighted by atomic mass is 16.3. The quantitative estimate of drug-likeness (QED) is 0.800. The number of aliphatic hydroxyl groups is 1. The van der Waals surface area contributed by atoms with Crippen LogP contribution in [-0.2, 0) is 9.59 Å². The molecule has 3 nitrogen and oxygen atoms in total. The van der Waals surface area contributed by atoms with Gasteiger partial charge in [0.05, 0.1) is 0 Å². The second-order valence-electron chi connectivity index (χ2n) is 9.04. The summed E-state index contributed by atoms with van der Waals surface area (Å²) in [6, 6.07) is 0. The molecule has 130 valence electrons. The van der Waals surface area contributed by atoms with E-state index in [2.05, 4.69) is 26.0 Å². The van der Waals surface area contributed by atoms with Gasteiger partial charge in [0.15, 0.2) is 11.6 Å². The Kier molecular flexibility index (Phi) is 3.32. The highest BCUT2D eigenvalue weighted by Crippen LogP contribution is 2.66. The number of Topliss-reactive ketones (excluding diaryl/α,β-unsaturated/α-hetero) is 1. The molecule has 0 aromatic rings. The maximum Gasteiger partial charge on any atom is 0.161 e. The molecule has 0 saturated heterocycles.